The number of nitrogens with zero attached hydrogens (tertiary/aromatic N) is 4. The minimum absolute atomic E-state index is 0. The molecule has 2 aromatic carbocycles. The minimum Gasteiger partial charge on any atom is -0.437 e. The molecule has 1 fully saturated rings. The van der Waals surface area contributed by atoms with E-state index in [1.807, 2.05) is 4.72 Å². The molecule has 0 unspecified atom stereocenters. The van der Waals surface area contributed by atoms with E-state index in [-0.39, 0.29) is 39.8 Å². The summed E-state index contributed by atoms with van der Waals surface area (Å²) < 4.78 is 87.1. The Morgan fingerprint density at radius 1 is 1.09 bits per heavy atom. The summed E-state index contributed by atoms with van der Waals surface area (Å²) >= 11 is 0. The molecule has 4 aromatic rings. The first-order valence-corrected chi connectivity index (χ1v) is 14.8. The maximum absolute atomic E-state index is 15.0. The maximum atomic E-state index is 15.0. The third-order valence-corrected chi connectivity index (χ3v) is 8.28. The SMILES string of the molecule is Cc1ccc2c(NS(=O)(=O)N(C)CC(F)(F)F)c(F)ccc2c1Oc1ncccc1-c1ccnc(N[C@H]2CCCNC2)n1.Cl. The van der Waals surface area contributed by atoms with E-state index in [9.17, 15) is 26.0 Å². The standard InChI is InChI=1S/C28H29F4N7O3S.ClH/c1-17-7-8-19-20(9-10-22(29)24(19)38-43(40,41)39(2)16-28(30,31)32)25(17)42-26-21(6-4-13-34-26)23-11-14-35-27(37-23)36-18-5-3-12-33-15-18;/h4,6-11,13-14,18,33,38H,3,5,12,15-16H2,1-2H3,(H,35,36,37);1H/t18-;/m0./s1. The number of anilines is 2. The molecule has 0 amide bonds. The number of benzene rings is 2. The zero-order chi connectivity index (χ0) is 30.8. The molecule has 16 heteroatoms. The molecule has 3 heterocycles. The van der Waals surface area contributed by atoms with Gasteiger partial charge in [-0.3, -0.25) is 4.72 Å². The van der Waals surface area contributed by atoms with Gasteiger partial charge in [0.25, 0.3) is 0 Å². The van der Waals surface area contributed by atoms with Crippen LogP contribution in [0.15, 0.2) is 54.9 Å². The molecule has 10 nitrogen and oxygen atoms in total. The molecule has 236 valence electrons. The lowest BCUT2D eigenvalue weighted by Crippen LogP contribution is -2.39. The number of alkyl halides is 3. The quantitative estimate of drug-likeness (QED) is 0.197. The van der Waals surface area contributed by atoms with Crippen LogP contribution in [0.2, 0.25) is 0 Å². The molecule has 1 atom stereocenters. The highest BCUT2D eigenvalue weighted by atomic mass is 35.5. The van der Waals surface area contributed by atoms with Gasteiger partial charge in [-0.2, -0.15) is 25.9 Å². The summed E-state index contributed by atoms with van der Waals surface area (Å²) in [4.78, 5) is 13.4. The van der Waals surface area contributed by atoms with Gasteiger partial charge >= 0.3 is 16.4 Å². The van der Waals surface area contributed by atoms with Gasteiger partial charge in [0.15, 0.2) is 0 Å². The number of hydrogen-bond acceptors (Lipinski definition) is 8. The number of aryl methyl sites for hydroxylation is 1. The molecule has 1 aliphatic rings. The van der Waals surface area contributed by atoms with Crippen LogP contribution in [-0.4, -0.2) is 66.6 Å². The first-order chi connectivity index (χ1) is 20.4. The third kappa shape index (κ3) is 7.64. The Morgan fingerprint density at radius 3 is 2.59 bits per heavy atom. The summed E-state index contributed by atoms with van der Waals surface area (Å²) in [6.45, 7) is 1.76. The summed E-state index contributed by atoms with van der Waals surface area (Å²) in [5.41, 5.74) is 1.19. The van der Waals surface area contributed by atoms with E-state index >= 15 is 0 Å². The van der Waals surface area contributed by atoms with Crippen molar-refractivity contribution in [2.75, 3.05) is 36.7 Å². The van der Waals surface area contributed by atoms with Crippen LogP contribution in [0.25, 0.3) is 22.0 Å². The molecule has 44 heavy (non-hydrogen) atoms. The molecular formula is C28H30ClF4N7O3S. The predicted molar refractivity (Wildman–Crippen MR) is 162 cm³/mol. The molecule has 0 aliphatic carbocycles. The number of piperidine rings is 1. The number of rotatable bonds is 9. The van der Waals surface area contributed by atoms with Crippen LogP contribution in [0.3, 0.4) is 0 Å². The summed E-state index contributed by atoms with van der Waals surface area (Å²) in [5, 5.41) is 7.06. The van der Waals surface area contributed by atoms with Crippen LogP contribution in [0.4, 0.5) is 29.2 Å². The van der Waals surface area contributed by atoms with Crippen LogP contribution < -0.4 is 20.1 Å². The number of pyridine rings is 1. The number of fused-ring (bicyclic) bond motifs is 1. The van der Waals surface area contributed by atoms with E-state index in [1.54, 1.807) is 37.4 Å². The van der Waals surface area contributed by atoms with Gasteiger partial charge in [-0.1, -0.05) is 12.1 Å². The van der Waals surface area contributed by atoms with Crippen LogP contribution in [0.5, 0.6) is 11.6 Å². The molecule has 1 saturated heterocycles. The molecule has 5 rings (SSSR count). The number of hydrogen-bond donors (Lipinski definition) is 3. The van der Waals surface area contributed by atoms with Crippen molar-refractivity contribution in [2.45, 2.75) is 32.0 Å². The highest BCUT2D eigenvalue weighted by Crippen LogP contribution is 2.40. The maximum Gasteiger partial charge on any atom is 0.402 e. The Morgan fingerprint density at radius 2 is 1.86 bits per heavy atom. The average molecular weight is 656 g/mol. The van der Waals surface area contributed by atoms with Crippen molar-refractivity contribution < 1.29 is 30.7 Å². The zero-order valence-electron chi connectivity index (χ0n) is 23.7. The summed E-state index contributed by atoms with van der Waals surface area (Å²) in [5.74, 6) is -0.0927. The molecule has 0 radical (unpaired) electrons. The topological polar surface area (TPSA) is 121 Å². The smallest absolute Gasteiger partial charge is 0.402 e. The predicted octanol–water partition coefficient (Wildman–Crippen LogP) is 5.67. The molecule has 1 aliphatic heterocycles. The van der Waals surface area contributed by atoms with Gasteiger partial charge in [0.05, 0.1) is 16.9 Å². The largest absolute Gasteiger partial charge is 0.437 e. The Kier molecular flexibility index (Phi) is 10.1. The van der Waals surface area contributed by atoms with Crippen LogP contribution in [-0.2, 0) is 10.2 Å². The van der Waals surface area contributed by atoms with Crippen molar-refractivity contribution >= 4 is 45.0 Å². The Bertz CT molecular complexity index is 1740. The van der Waals surface area contributed by atoms with Crippen molar-refractivity contribution in [1.82, 2.24) is 24.6 Å². The molecule has 0 saturated carbocycles. The Labute approximate surface area is 257 Å². The second-order valence-corrected chi connectivity index (χ2v) is 11.9. The first-order valence-electron chi connectivity index (χ1n) is 13.4. The average Bonchev–Trinajstić information content (AvgIpc) is 2.96. The van der Waals surface area contributed by atoms with Gasteiger partial charge in [0, 0.05) is 42.8 Å². The summed E-state index contributed by atoms with van der Waals surface area (Å²) in [7, 11) is -4.00. The van der Waals surface area contributed by atoms with Crippen molar-refractivity contribution in [1.29, 1.82) is 0 Å². The van der Waals surface area contributed by atoms with E-state index < -0.39 is 34.4 Å². The number of nitrogens with one attached hydrogen (secondary N) is 3. The summed E-state index contributed by atoms with van der Waals surface area (Å²) in [6, 6.07) is 10.9. The molecular weight excluding hydrogens is 626 g/mol. The van der Waals surface area contributed by atoms with Crippen molar-refractivity contribution in [3.8, 4) is 22.9 Å². The molecule has 0 bridgehead atoms. The highest BCUT2D eigenvalue weighted by Gasteiger charge is 2.34. The third-order valence-electron chi connectivity index (χ3n) is 6.87. The normalized spacial score (nSPS) is 15.6. The first kappa shape index (κ1) is 33.1. The molecule has 3 N–H and O–H groups in total. The van der Waals surface area contributed by atoms with Gasteiger partial charge in [-0.05, 0) is 62.2 Å². The number of aromatic nitrogens is 3. The van der Waals surface area contributed by atoms with E-state index in [2.05, 4.69) is 25.6 Å². The lowest BCUT2D eigenvalue weighted by Gasteiger charge is -2.23. The lowest BCUT2D eigenvalue weighted by atomic mass is 10.0. The number of halogens is 5. The van der Waals surface area contributed by atoms with E-state index in [0.717, 1.165) is 39.0 Å². The van der Waals surface area contributed by atoms with E-state index in [4.69, 9.17) is 4.74 Å². The summed E-state index contributed by atoms with van der Waals surface area (Å²) in [6.07, 6.45) is 0.396. The van der Waals surface area contributed by atoms with Gasteiger partial charge in [-0.15, -0.1) is 12.4 Å². The van der Waals surface area contributed by atoms with Gasteiger partial charge in [0.1, 0.15) is 18.1 Å². The lowest BCUT2D eigenvalue weighted by molar-refractivity contribution is -0.134. The Balaban J connectivity index is 0.00000442. The van der Waals surface area contributed by atoms with E-state index in [0.29, 0.717) is 28.2 Å². The fourth-order valence-corrected chi connectivity index (χ4v) is 5.68. The van der Waals surface area contributed by atoms with Gasteiger partial charge in [0.2, 0.25) is 11.8 Å². The van der Waals surface area contributed by atoms with Crippen molar-refractivity contribution in [3.05, 3.63) is 66.2 Å². The zero-order valence-corrected chi connectivity index (χ0v) is 25.3. The van der Waals surface area contributed by atoms with E-state index in [1.165, 1.54) is 18.3 Å². The van der Waals surface area contributed by atoms with Crippen LogP contribution in [0, 0.1) is 12.7 Å². The minimum atomic E-state index is -4.78. The van der Waals surface area contributed by atoms with Gasteiger partial charge < -0.3 is 15.4 Å². The van der Waals surface area contributed by atoms with Crippen molar-refractivity contribution in [3.63, 3.8) is 0 Å². The molecule has 2 aromatic heterocycles. The molecule has 0 spiro atoms. The van der Waals surface area contributed by atoms with Gasteiger partial charge in [-0.25, -0.2) is 19.3 Å². The van der Waals surface area contributed by atoms with Crippen molar-refractivity contribution in [2.24, 2.45) is 0 Å². The Hall–Kier alpha value is -3.79. The highest BCUT2D eigenvalue weighted by molar-refractivity contribution is 7.90. The number of ether oxygens (including phenoxy) is 1. The fraction of sp³-hybridized carbons (Fsp3) is 0.321. The monoisotopic (exact) mass is 655 g/mol. The van der Waals surface area contributed by atoms with Crippen LogP contribution >= 0.6 is 12.4 Å². The van der Waals surface area contributed by atoms with Crippen LogP contribution in [0.1, 0.15) is 18.4 Å². The fourth-order valence-electron chi connectivity index (χ4n) is 4.74. The second kappa shape index (κ2) is 13.5. The second-order valence-electron chi connectivity index (χ2n) is 10.1.